The largest absolute Gasteiger partial charge is 0.461 e. The Hall–Kier alpha value is -2.08. The molecule has 2 fully saturated rings. The van der Waals surface area contributed by atoms with Crippen LogP contribution >= 0.6 is 0 Å². The molecule has 3 heterocycles. The lowest BCUT2D eigenvalue weighted by Gasteiger charge is -2.58. The van der Waals surface area contributed by atoms with Gasteiger partial charge >= 0.3 is 5.97 Å². The maximum absolute atomic E-state index is 12.5. The number of furan rings is 1. The first-order chi connectivity index (χ1) is 12.0. The molecule has 4 rings (SSSR count). The normalized spacial score (nSPS) is 27.4. The molecule has 0 unspecified atom stereocenters. The van der Waals surface area contributed by atoms with E-state index in [4.69, 9.17) is 18.3 Å². The van der Waals surface area contributed by atoms with E-state index in [0.717, 1.165) is 19.4 Å². The van der Waals surface area contributed by atoms with Gasteiger partial charge in [-0.2, -0.15) is 0 Å². The molecule has 0 amide bonds. The lowest BCUT2D eigenvalue weighted by Crippen LogP contribution is -2.65. The van der Waals surface area contributed by atoms with Crippen molar-refractivity contribution in [1.29, 1.82) is 0 Å². The van der Waals surface area contributed by atoms with Gasteiger partial charge in [-0.25, -0.2) is 4.98 Å². The zero-order valence-electron chi connectivity index (χ0n) is 14.8. The lowest BCUT2D eigenvalue weighted by molar-refractivity contribution is -0.254. The molecule has 6 nitrogen and oxygen atoms in total. The van der Waals surface area contributed by atoms with Crippen molar-refractivity contribution in [3.8, 4) is 11.7 Å². The van der Waals surface area contributed by atoms with Gasteiger partial charge in [0.1, 0.15) is 11.9 Å². The molecule has 134 valence electrons. The Balaban J connectivity index is 1.43. The van der Waals surface area contributed by atoms with Gasteiger partial charge in [0.2, 0.25) is 0 Å². The van der Waals surface area contributed by atoms with Crippen LogP contribution in [-0.4, -0.2) is 29.8 Å². The van der Waals surface area contributed by atoms with E-state index in [1.54, 1.807) is 25.3 Å². The van der Waals surface area contributed by atoms with E-state index < -0.39 is 0 Å². The highest BCUT2D eigenvalue weighted by molar-refractivity contribution is 5.73. The monoisotopic (exact) mass is 345 g/mol. The first-order valence-corrected chi connectivity index (χ1v) is 8.78. The van der Waals surface area contributed by atoms with Crippen LogP contribution in [0.4, 0.5) is 0 Å². The molecule has 6 heteroatoms. The molecular weight excluding hydrogens is 322 g/mol. The summed E-state index contributed by atoms with van der Waals surface area (Å²) < 4.78 is 22.5. The number of oxazole rings is 1. The van der Waals surface area contributed by atoms with Gasteiger partial charge in [-0.3, -0.25) is 4.79 Å². The van der Waals surface area contributed by atoms with Gasteiger partial charge in [-0.05, 0) is 31.9 Å². The smallest absolute Gasteiger partial charge is 0.312 e. The van der Waals surface area contributed by atoms with E-state index in [9.17, 15) is 4.79 Å². The Morgan fingerprint density at radius 1 is 1.44 bits per heavy atom. The van der Waals surface area contributed by atoms with Crippen molar-refractivity contribution in [2.24, 2.45) is 11.3 Å². The predicted octanol–water partition coefficient (Wildman–Crippen LogP) is 3.53. The molecule has 0 N–H and O–H groups in total. The average Bonchev–Trinajstić information content (AvgIpc) is 3.23. The molecule has 25 heavy (non-hydrogen) atoms. The molecule has 0 spiro atoms. The second-order valence-electron chi connectivity index (χ2n) is 7.51. The van der Waals surface area contributed by atoms with Crippen LogP contribution in [0.5, 0.6) is 0 Å². The number of carbonyl (C=O) groups excluding carboxylic acids is 1. The molecule has 1 saturated carbocycles. The minimum absolute atomic E-state index is 0.0953. The minimum atomic E-state index is -0.274. The molecule has 2 aliphatic rings. The highest BCUT2D eigenvalue weighted by Crippen LogP contribution is 2.53. The third kappa shape index (κ3) is 2.78. The van der Waals surface area contributed by atoms with Gasteiger partial charge in [0, 0.05) is 17.9 Å². The predicted molar refractivity (Wildman–Crippen MR) is 88.8 cm³/mol. The van der Waals surface area contributed by atoms with E-state index in [1.165, 1.54) is 0 Å². The van der Waals surface area contributed by atoms with Gasteiger partial charge in [-0.1, -0.05) is 13.8 Å². The van der Waals surface area contributed by atoms with Crippen molar-refractivity contribution in [2.75, 3.05) is 6.61 Å². The quantitative estimate of drug-likeness (QED) is 0.789. The first-order valence-electron chi connectivity index (χ1n) is 8.78. The van der Waals surface area contributed by atoms with Crippen molar-refractivity contribution in [1.82, 2.24) is 4.98 Å². The van der Waals surface area contributed by atoms with Crippen LogP contribution in [0, 0.1) is 18.3 Å². The van der Waals surface area contributed by atoms with E-state index in [0.29, 0.717) is 29.0 Å². The van der Waals surface area contributed by atoms with Gasteiger partial charge < -0.3 is 18.3 Å². The van der Waals surface area contributed by atoms with E-state index in [-0.39, 0.29) is 30.0 Å². The summed E-state index contributed by atoms with van der Waals surface area (Å²) in [6.07, 6.45) is 3.84. The fourth-order valence-electron chi connectivity index (χ4n) is 4.13. The fourth-order valence-corrected chi connectivity index (χ4v) is 4.13. The third-order valence-corrected chi connectivity index (χ3v) is 5.42. The molecular formula is C19H23NO5. The summed E-state index contributed by atoms with van der Waals surface area (Å²) >= 11 is 0. The zero-order chi connectivity index (χ0) is 17.6. The first kappa shape index (κ1) is 16.4. The highest BCUT2D eigenvalue weighted by Gasteiger charge is 2.60. The minimum Gasteiger partial charge on any atom is -0.461 e. The van der Waals surface area contributed by atoms with Crippen LogP contribution in [0.3, 0.4) is 0 Å². The van der Waals surface area contributed by atoms with Crippen LogP contribution in [0.2, 0.25) is 0 Å². The number of rotatable bonds is 4. The van der Waals surface area contributed by atoms with Crippen molar-refractivity contribution in [3.05, 3.63) is 29.9 Å². The topological polar surface area (TPSA) is 74.7 Å². The second-order valence-corrected chi connectivity index (χ2v) is 7.51. The summed E-state index contributed by atoms with van der Waals surface area (Å²) in [6, 6.07) is 3.54. The summed E-state index contributed by atoms with van der Waals surface area (Å²) in [6.45, 7) is 6.81. The Bertz CT molecular complexity index is 761. The average molecular weight is 345 g/mol. The molecule has 0 aromatic carbocycles. The van der Waals surface area contributed by atoms with Crippen LogP contribution in [-0.2, 0) is 20.7 Å². The van der Waals surface area contributed by atoms with E-state index in [2.05, 4.69) is 18.8 Å². The van der Waals surface area contributed by atoms with Crippen LogP contribution in [0.15, 0.2) is 27.2 Å². The van der Waals surface area contributed by atoms with Gasteiger partial charge in [-0.15, -0.1) is 0 Å². The number of nitrogens with zero attached hydrogens (tertiary/aromatic N) is 1. The molecule has 1 aliphatic heterocycles. The van der Waals surface area contributed by atoms with Crippen LogP contribution < -0.4 is 0 Å². The zero-order valence-corrected chi connectivity index (χ0v) is 14.8. The van der Waals surface area contributed by atoms with E-state index >= 15 is 0 Å². The summed E-state index contributed by atoms with van der Waals surface area (Å²) in [5, 5.41) is 0. The standard InChI is InChI=1S/C19H23NO5/c1-11-13(20-18(24-11)14-7-5-8-22-14)10-15(21)25-17-12-6-4-9-23-16(12)19(17,2)3/h5,7-8,12,16-17H,4,6,9-10H2,1-3H3/t12-,16+,17-/m1/s1. The second kappa shape index (κ2) is 6.02. The summed E-state index contributed by atoms with van der Waals surface area (Å²) in [5.41, 5.74) is 0.448. The van der Waals surface area contributed by atoms with Crippen molar-refractivity contribution in [2.45, 2.75) is 52.2 Å². The number of esters is 1. The summed E-state index contributed by atoms with van der Waals surface area (Å²) in [5.74, 6) is 1.57. The Kier molecular flexibility index (Phi) is 3.95. The van der Waals surface area contributed by atoms with Crippen molar-refractivity contribution in [3.63, 3.8) is 0 Å². The molecule has 1 aliphatic carbocycles. The number of fused-ring (bicyclic) bond motifs is 1. The van der Waals surface area contributed by atoms with Crippen LogP contribution in [0.1, 0.15) is 38.1 Å². The highest BCUT2D eigenvalue weighted by atomic mass is 16.6. The summed E-state index contributed by atoms with van der Waals surface area (Å²) in [4.78, 5) is 16.8. The molecule has 2 aromatic heterocycles. The number of carbonyl (C=O) groups is 1. The number of hydrogen-bond donors (Lipinski definition) is 0. The molecule has 2 aromatic rings. The maximum atomic E-state index is 12.5. The third-order valence-electron chi connectivity index (χ3n) is 5.42. The SMILES string of the molecule is Cc1oc(-c2ccco2)nc1CC(=O)O[C@@H]1[C@@H]2CCCO[C@@H]2C1(C)C. The van der Waals surface area contributed by atoms with Gasteiger partial charge in [0.15, 0.2) is 5.76 Å². The Morgan fingerprint density at radius 2 is 2.28 bits per heavy atom. The summed E-state index contributed by atoms with van der Waals surface area (Å²) in [7, 11) is 0. The maximum Gasteiger partial charge on any atom is 0.312 e. The number of ether oxygens (including phenoxy) is 2. The fraction of sp³-hybridized carbons (Fsp3) is 0.579. The number of aromatic nitrogens is 1. The molecule has 0 bridgehead atoms. The molecule has 3 atom stereocenters. The number of hydrogen-bond acceptors (Lipinski definition) is 6. The Morgan fingerprint density at radius 3 is 3.04 bits per heavy atom. The Labute approximate surface area is 146 Å². The van der Waals surface area contributed by atoms with Crippen molar-refractivity contribution < 1.29 is 23.1 Å². The number of aryl methyl sites for hydroxylation is 1. The van der Waals surface area contributed by atoms with Crippen LogP contribution in [0.25, 0.3) is 11.7 Å². The molecule has 0 radical (unpaired) electrons. The molecule has 1 saturated heterocycles. The van der Waals surface area contributed by atoms with Gasteiger partial charge in [0.05, 0.1) is 24.5 Å². The van der Waals surface area contributed by atoms with E-state index in [1.807, 2.05) is 0 Å². The van der Waals surface area contributed by atoms with Gasteiger partial charge in [0.25, 0.3) is 5.89 Å². The lowest BCUT2D eigenvalue weighted by atomic mass is 9.57. The van der Waals surface area contributed by atoms with Crippen molar-refractivity contribution >= 4 is 5.97 Å².